The van der Waals surface area contributed by atoms with E-state index in [1.807, 2.05) is 51.1 Å². The summed E-state index contributed by atoms with van der Waals surface area (Å²) in [5.41, 5.74) is 2.42. The van der Waals surface area contributed by atoms with Crippen molar-refractivity contribution >= 4 is 5.91 Å². The number of carbonyl (C=O) groups is 1. The fourth-order valence-corrected chi connectivity index (χ4v) is 1.80. The van der Waals surface area contributed by atoms with Crippen molar-refractivity contribution in [1.82, 2.24) is 15.1 Å². The number of rotatable bonds is 3. The van der Waals surface area contributed by atoms with Crippen molar-refractivity contribution in [3.8, 4) is 5.69 Å². The van der Waals surface area contributed by atoms with Gasteiger partial charge in [0.15, 0.2) is 0 Å². The maximum absolute atomic E-state index is 12.0. The van der Waals surface area contributed by atoms with Gasteiger partial charge in [-0.15, -0.1) is 0 Å². The summed E-state index contributed by atoms with van der Waals surface area (Å²) >= 11 is 0. The molecule has 1 N–H and O–H groups in total. The van der Waals surface area contributed by atoms with Gasteiger partial charge in [0, 0.05) is 6.04 Å². The van der Waals surface area contributed by atoms with E-state index in [4.69, 9.17) is 0 Å². The molecule has 0 unspecified atom stereocenters. The van der Waals surface area contributed by atoms with E-state index in [-0.39, 0.29) is 11.9 Å². The molecule has 0 aliphatic rings. The second kappa shape index (κ2) is 5.04. The first kappa shape index (κ1) is 12.4. The number of carbonyl (C=O) groups excluding carboxylic acids is 1. The first-order valence-electron chi connectivity index (χ1n) is 6.00. The standard InChI is InChI=1S/C14H17N3O/c1-10(2)16-14(18)13-9-15-17(11(13)3)12-7-5-4-6-8-12/h4-10H,1-3H3,(H,16,18). The summed E-state index contributed by atoms with van der Waals surface area (Å²) in [5.74, 6) is -0.0790. The minimum atomic E-state index is -0.0790. The van der Waals surface area contributed by atoms with Crippen LogP contribution in [0.15, 0.2) is 36.5 Å². The second-order valence-corrected chi connectivity index (χ2v) is 4.52. The number of amides is 1. The van der Waals surface area contributed by atoms with Crippen LogP contribution in [0.1, 0.15) is 29.9 Å². The van der Waals surface area contributed by atoms with Crippen LogP contribution in [0.4, 0.5) is 0 Å². The third-order valence-electron chi connectivity index (χ3n) is 2.67. The summed E-state index contributed by atoms with van der Waals surface area (Å²) in [5, 5.41) is 7.14. The van der Waals surface area contributed by atoms with Crippen LogP contribution in [0.2, 0.25) is 0 Å². The van der Waals surface area contributed by atoms with Gasteiger partial charge in [-0.2, -0.15) is 5.10 Å². The van der Waals surface area contributed by atoms with Crippen LogP contribution in [0.25, 0.3) is 5.69 Å². The summed E-state index contributed by atoms with van der Waals surface area (Å²) in [6, 6.07) is 9.90. The third-order valence-corrected chi connectivity index (χ3v) is 2.67. The molecule has 0 bridgehead atoms. The minimum absolute atomic E-state index is 0.0790. The highest BCUT2D eigenvalue weighted by atomic mass is 16.1. The molecule has 1 amide bonds. The monoisotopic (exact) mass is 243 g/mol. The highest BCUT2D eigenvalue weighted by Crippen LogP contribution is 2.13. The molecule has 0 fully saturated rings. The molecule has 0 aliphatic heterocycles. The lowest BCUT2D eigenvalue weighted by molar-refractivity contribution is 0.0942. The van der Waals surface area contributed by atoms with Crippen molar-refractivity contribution < 1.29 is 4.79 Å². The van der Waals surface area contributed by atoms with Crippen LogP contribution in [0, 0.1) is 6.92 Å². The first-order valence-corrected chi connectivity index (χ1v) is 6.00. The Labute approximate surface area is 107 Å². The van der Waals surface area contributed by atoms with Crippen LogP contribution in [0.5, 0.6) is 0 Å². The molecule has 1 aromatic carbocycles. The van der Waals surface area contributed by atoms with Crippen LogP contribution in [-0.2, 0) is 0 Å². The molecule has 2 aromatic rings. The predicted molar refractivity (Wildman–Crippen MR) is 70.9 cm³/mol. The molecule has 1 heterocycles. The fraction of sp³-hybridized carbons (Fsp3) is 0.286. The van der Waals surface area contributed by atoms with Crippen LogP contribution < -0.4 is 5.32 Å². The molecule has 1 aromatic heterocycles. The molecule has 0 radical (unpaired) electrons. The van der Waals surface area contributed by atoms with Gasteiger partial charge in [0.1, 0.15) is 0 Å². The summed E-state index contributed by atoms with van der Waals surface area (Å²) in [4.78, 5) is 12.0. The highest BCUT2D eigenvalue weighted by Gasteiger charge is 2.15. The van der Waals surface area contributed by atoms with E-state index in [1.165, 1.54) is 0 Å². The summed E-state index contributed by atoms with van der Waals surface area (Å²) < 4.78 is 1.77. The van der Waals surface area contributed by atoms with Crippen molar-refractivity contribution in [2.24, 2.45) is 0 Å². The van der Waals surface area contributed by atoms with Crippen LogP contribution >= 0.6 is 0 Å². The van der Waals surface area contributed by atoms with E-state index < -0.39 is 0 Å². The molecule has 0 spiro atoms. The number of nitrogens with zero attached hydrogens (tertiary/aromatic N) is 2. The van der Waals surface area contributed by atoms with Gasteiger partial charge in [0.05, 0.1) is 23.1 Å². The smallest absolute Gasteiger partial charge is 0.254 e. The molecule has 94 valence electrons. The third kappa shape index (κ3) is 2.42. The molecular formula is C14H17N3O. The molecule has 4 nitrogen and oxygen atoms in total. The normalized spacial score (nSPS) is 10.7. The predicted octanol–water partition coefficient (Wildman–Crippen LogP) is 2.32. The van der Waals surface area contributed by atoms with Crippen molar-refractivity contribution in [1.29, 1.82) is 0 Å². The maximum atomic E-state index is 12.0. The van der Waals surface area contributed by atoms with E-state index in [2.05, 4.69) is 10.4 Å². The van der Waals surface area contributed by atoms with Gasteiger partial charge in [-0.3, -0.25) is 4.79 Å². The van der Waals surface area contributed by atoms with Gasteiger partial charge in [-0.25, -0.2) is 4.68 Å². The molecule has 2 rings (SSSR count). The largest absolute Gasteiger partial charge is 0.350 e. The van der Waals surface area contributed by atoms with Crippen molar-refractivity contribution in [3.05, 3.63) is 47.8 Å². The molecule has 0 atom stereocenters. The van der Waals surface area contributed by atoms with Gasteiger partial charge < -0.3 is 5.32 Å². The van der Waals surface area contributed by atoms with Crippen molar-refractivity contribution in [3.63, 3.8) is 0 Å². The van der Waals surface area contributed by atoms with E-state index >= 15 is 0 Å². The van der Waals surface area contributed by atoms with Crippen LogP contribution in [-0.4, -0.2) is 21.7 Å². The molecule has 18 heavy (non-hydrogen) atoms. The van der Waals surface area contributed by atoms with Gasteiger partial charge >= 0.3 is 0 Å². The van der Waals surface area contributed by atoms with E-state index in [9.17, 15) is 4.79 Å². The number of para-hydroxylation sites is 1. The average Bonchev–Trinajstić information content (AvgIpc) is 2.71. The Morgan fingerprint density at radius 3 is 2.56 bits per heavy atom. The Morgan fingerprint density at radius 2 is 1.94 bits per heavy atom. The van der Waals surface area contributed by atoms with Gasteiger partial charge in [-0.05, 0) is 32.9 Å². The average molecular weight is 243 g/mol. The Bertz CT molecular complexity index is 543. The number of benzene rings is 1. The lowest BCUT2D eigenvalue weighted by Gasteiger charge is -2.08. The van der Waals surface area contributed by atoms with Gasteiger partial charge in [-0.1, -0.05) is 18.2 Å². The Kier molecular flexibility index (Phi) is 3.46. The zero-order valence-corrected chi connectivity index (χ0v) is 10.8. The molecule has 0 aliphatic carbocycles. The van der Waals surface area contributed by atoms with E-state index in [0.717, 1.165) is 11.4 Å². The van der Waals surface area contributed by atoms with Crippen LogP contribution in [0.3, 0.4) is 0 Å². The Hall–Kier alpha value is -2.10. The quantitative estimate of drug-likeness (QED) is 0.899. The molecular weight excluding hydrogens is 226 g/mol. The second-order valence-electron chi connectivity index (χ2n) is 4.52. The Balaban J connectivity index is 2.32. The zero-order chi connectivity index (χ0) is 13.1. The fourth-order valence-electron chi connectivity index (χ4n) is 1.80. The molecule has 0 saturated heterocycles. The lowest BCUT2D eigenvalue weighted by Crippen LogP contribution is -2.30. The molecule has 4 heteroatoms. The minimum Gasteiger partial charge on any atom is -0.350 e. The summed E-state index contributed by atoms with van der Waals surface area (Å²) in [6.07, 6.45) is 1.61. The van der Waals surface area contributed by atoms with E-state index in [1.54, 1.807) is 10.9 Å². The number of aromatic nitrogens is 2. The summed E-state index contributed by atoms with van der Waals surface area (Å²) in [7, 11) is 0. The number of hydrogen-bond donors (Lipinski definition) is 1. The van der Waals surface area contributed by atoms with Gasteiger partial charge in [0.2, 0.25) is 0 Å². The maximum Gasteiger partial charge on any atom is 0.254 e. The van der Waals surface area contributed by atoms with Crippen molar-refractivity contribution in [2.75, 3.05) is 0 Å². The number of hydrogen-bond acceptors (Lipinski definition) is 2. The molecule has 0 saturated carbocycles. The first-order chi connectivity index (χ1) is 8.59. The van der Waals surface area contributed by atoms with Crippen molar-refractivity contribution in [2.45, 2.75) is 26.8 Å². The highest BCUT2D eigenvalue weighted by molar-refractivity contribution is 5.95. The zero-order valence-electron chi connectivity index (χ0n) is 10.8. The number of nitrogens with one attached hydrogen (secondary N) is 1. The van der Waals surface area contributed by atoms with Gasteiger partial charge in [0.25, 0.3) is 5.91 Å². The topological polar surface area (TPSA) is 46.9 Å². The summed E-state index contributed by atoms with van der Waals surface area (Å²) in [6.45, 7) is 5.78. The Morgan fingerprint density at radius 1 is 1.28 bits per heavy atom. The lowest BCUT2D eigenvalue weighted by atomic mass is 10.2. The SMILES string of the molecule is Cc1c(C(=O)NC(C)C)cnn1-c1ccccc1. The van der Waals surface area contributed by atoms with E-state index in [0.29, 0.717) is 5.56 Å².